The van der Waals surface area contributed by atoms with Crippen LogP contribution in [0.3, 0.4) is 0 Å². The van der Waals surface area contributed by atoms with Crippen LogP contribution in [-0.4, -0.2) is 46.0 Å². The number of amidine groups is 1. The number of hydrogen-bond acceptors (Lipinski definition) is 5. The van der Waals surface area contributed by atoms with Crippen molar-refractivity contribution in [2.45, 2.75) is 58.3 Å². The van der Waals surface area contributed by atoms with Crippen molar-refractivity contribution in [3.05, 3.63) is 36.1 Å². The van der Waals surface area contributed by atoms with Crippen LogP contribution in [0.4, 0.5) is 0 Å². The maximum atomic E-state index is 4.99. The first kappa shape index (κ1) is 18.3. The van der Waals surface area contributed by atoms with E-state index in [4.69, 9.17) is 9.98 Å². The molecule has 0 spiro atoms. The maximum Gasteiger partial charge on any atom is 0.126 e. The molecule has 5 heteroatoms. The summed E-state index contributed by atoms with van der Waals surface area (Å²) in [5.41, 5.74) is 4.74. The normalized spacial score (nSPS) is 21.9. The summed E-state index contributed by atoms with van der Waals surface area (Å²) >= 11 is 0. The van der Waals surface area contributed by atoms with Crippen LogP contribution in [0.1, 0.15) is 56.2 Å². The molecule has 27 heavy (non-hydrogen) atoms. The van der Waals surface area contributed by atoms with E-state index in [1.807, 2.05) is 6.20 Å². The molecule has 2 fully saturated rings. The highest BCUT2D eigenvalue weighted by atomic mass is 15.1. The second kappa shape index (κ2) is 8.32. The molecular weight excluding hydrogens is 334 g/mol. The molecular formula is C22H31N5. The average molecular weight is 366 g/mol. The van der Waals surface area contributed by atoms with E-state index in [9.17, 15) is 0 Å². The van der Waals surface area contributed by atoms with E-state index in [0.29, 0.717) is 11.8 Å². The summed E-state index contributed by atoms with van der Waals surface area (Å²) < 4.78 is 0. The lowest BCUT2D eigenvalue weighted by Gasteiger charge is -2.34. The third-order valence-electron chi connectivity index (χ3n) is 6.42. The third-order valence-corrected chi connectivity index (χ3v) is 6.42. The molecule has 0 unspecified atom stereocenters. The second-order valence-corrected chi connectivity index (χ2v) is 8.27. The van der Waals surface area contributed by atoms with Crippen LogP contribution >= 0.6 is 0 Å². The van der Waals surface area contributed by atoms with E-state index in [1.165, 1.54) is 43.5 Å². The van der Waals surface area contributed by atoms with Gasteiger partial charge >= 0.3 is 0 Å². The minimum absolute atomic E-state index is 0.597. The van der Waals surface area contributed by atoms with Gasteiger partial charge in [0.25, 0.3) is 0 Å². The van der Waals surface area contributed by atoms with Gasteiger partial charge in [-0.15, -0.1) is 0 Å². The summed E-state index contributed by atoms with van der Waals surface area (Å²) in [5, 5.41) is 0. The Hall–Kier alpha value is -2.04. The molecule has 5 nitrogen and oxygen atoms in total. The monoisotopic (exact) mass is 365 g/mol. The fourth-order valence-electron chi connectivity index (χ4n) is 4.62. The second-order valence-electron chi connectivity index (χ2n) is 8.27. The minimum atomic E-state index is 0.597. The van der Waals surface area contributed by atoms with Gasteiger partial charge in [0.2, 0.25) is 0 Å². The molecule has 2 aliphatic heterocycles. The smallest absolute Gasteiger partial charge is 0.126 e. The number of aromatic nitrogens is 2. The first-order chi connectivity index (χ1) is 13.2. The van der Waals surface area contributed by atoms with Crippen LogP contribution in [0.2, 0.25) is 0 Å². The van der Waals surface area contributed by atoms with Crippen molar-refractivity contribution in [3.63, 3.8) is 0 Å². The predicted octanol–water partition coefficient (Wildman–Crippen LogP) is 3.99. The van der Waals surface area contributed by atoms with Crippen LogP contribution in [0.25, 0.3) is 0 Å². The highest BCUT2D eigenvalue weighted by Gasteiger charge is 2.28. The first-order valence-electron chi connectivity index (χ1n) is 10.5. The molecule has 1 saturated carbocycles. The molecule has 0 bridgehead atoms. The number of nitrogens with zero attached hydrogens (tertiary/aromatic N) is 5. The highest BCUT2D eigenvalue weighted by molar-refractivity contribution is 6.05. The van der Waals surface area contributed by atoms with Crippen molar-refractivity contribution in [3.8, 4) is 0 Å². The number of aryl methyl sites for hydroxylation is 1. The van der Waals surface area contributed by atoms with Crippen molar-refractivity contribution in [1.29, 1.82) is 0 Å². The van der Waals surface area contributed by atoms with Gasteiger partial charge in [-0.2, -0.15) is 0 Å². The Morgan fingerprint density at radius 1 is 1.11 bits per heavy atom. The quantitative estimate of drug-likeness (QED) is 0.793. The zero-order chi connectivity index (χ0) is 18.6. The Bertz CT molecular complexity index is 737. The van der Waals surface area contributed by atoms with Crippen LogP contribution in [0.15, 0.2) is 34.8 Å². The standard InChI is InChI=1S/C22H31N5/c1-16-13-23-15-25-20(16)12-17(2)27-10-8-18(9-11-27)21-14-24-22(26-21)19-6-4-3-5-7-19/h13,15,18-19H,2-12,14H2,1H3. The van der Waals surface area contributed by atoms with Gasteiger partial charge in [-0.1, -0.05) is 25.8 Å². The van der Waals surface area contributed by atoms with Crippen molar-refractivity contribution in [2.75, 3.05) is 19.6 Å². The van der Waals surface area contributed by atoms with E-state index in [1.54, 1.807) is 6.33 Å². The van der Waals surface area contributed by atoms with Gasteiger partial charge in [0.15, 0.2) is 0 Å². The minimum Gasteiger partial charge on any atom is -0.375 e. The van der Waals surface area contributed by atoms with Gasteiger partial charge in [-0.3, -0.25) is 4.99 Å². The summed E-state index contributed by atoms with van der Waals surface area (Å²) in [6, 6.07) is 0. The largest absolute Gasteiger partial charge is 0.375 e. The van der Waals surface area contributed by atoms with E-state index in [-0.39, 0.29) is 0 Å². The van der Waals surface area contributed by atoms with Gasteiger partial charge in [-0.25, -0.2) is 15.0 Å². The van der Waals surface area contributed by atoms with Gasteiger partial charge in [0, 0.05) is 49.0 Å². The summed E-state index contributed by atoms with van der Waals surface area (Å²) in [6.45, 7) is 9.36. The lowest BCUT2D eigenvalue weighted by atomic mass is 9.88. The fourth-order valence-corrected chi connectivity index (χ4v) is 4.62. The fraction of sp³-hybridized carbons (Fsp3) is 0.636. The SMILES string of the molecule is C=C(Cc1ncncc1C)N1CCC(C2=NC(C3CCCCC3)=NC2)CC1. The highest BCUT2D eigenvalue weighted by Crippen LogP contribution is 2.29. The van der Waals surface area contributed by atoms with Crippen molar-refractivity contribution in [2.24, 2.45) is 21.8 Å². The lowest BCUT2D eigenvalue weighted by molar-refractivity contribution is 0.255. The van der Waals surface area contributed by atoms with Crippen molar-refractivity contribution in [1.82, 2.24) is 14.9 Å². The van der Waals surface area contributed by atoms with Crippen LogP contribution in [-0.2, 0) is 6.42 Å². The molecule has 3 heterocycles. The topological polar surface area (TPSA) is 53.7 Å². The number of allylic oxidation sites excluding steroid dienone is 1. The summed E-state index contributed by atoms with van der Waals surface area (Å²) in [4.78, 5) is 20.7. The van der Waals surface area contributed by atoms with E-state index in [2.05, 4.69) is 28.4 Å². The molecule has 1 saturated heterocycles. The Kier molecular flexibility index (Phi) is 5.65. The Labute approximate surface area is 162 Å². The molecule has 0 radical (unpaired) electrons. The van der Waals surface area contributed by atoms with Crippen molar-refractivity contribution >= 4 is 11.5 Å². The average Bonchev–Trinajstić information content (AvgIpc) is 3.21. The number of piperidine rings is 1. The zero-order valence-corrected chi connectivity index (χ0v) is 16.5. The van der Waals surface area contributed by atoms with E-state index in [0.717, 1.165) is 56.0 Å². The molecule has 0 amide bonds. The van der Waals surface area contributed by atoms with Gasteiger partial charge in [0.05, 0.1) is 12.2 Å². The van der Waals surface area contributed by atoms with Gasteiger partial charge in [-0.05, 0) is 38.2 Å². The zero-order valence-electron chi connectivity index (χ0n) is 16.5. The van der Waals surface area contributed by atoms with Crippen molar-refractivity contribution < 1.29 is 0 Å². The first-order valence-corrected chi connectivity index (χ1v) is 10.5. The molecule has 144 valence electrons. The number of likely N-dealkylation sites (tertiary alicyclic amines) is 1. The maximum absolute atomic E-state index is 4.99. The number of hydrogen-bond donors (Lipinski definition) is 0. The molecule has 1 aromatic heterocycles. The molecule has 0 aromatic carbocycles. The summed E-state index contributed by atoms with van der Waals surface area (Å²) in [5.74, 6) is 2.39. The lowest BCUT2D eigenvalue weighted by Crippen LogP contribution is -2.36. The van der Waals surface area contributed by atoms with Crippen LogP contribution in [0.5, 0.6) is 0 Å². The van der Waals surface area contributed by atoms with Crippen LogP contribution < -0.4 is 0 Å². The molecule has 0 N–H and O–H groups in total. The molecule has 0 atom stereocenters. The summed E-state index contributed by atoms with van der Waals surface area (Å²) in [7, 11) is 0. The Balaban J connectivity index is 1.29. The molecule has 1 aromatic rings. The molecule has 3 aliphatic rings. The molecule has 1 aliphatic carbocycles. The predicted molar refractivity (Wildman–Crippen MR) is 110 cm³/mol. The summed E-state index contributed by atoms with van der Waals surface area (Å²) in [6.07, 6.45) is 13.3. The third kappa shape index (κ3) is 4.28. The van der Waals surface area contributed by atoms with Gasteiger partial charge < -0.3 is 4.90 Å². The number of rotatable bonds is 5. The van der Waals surface area contributed by atoms with Crippen LogP contribution in [0, 0.1) is 18.8 Å². The Morgan fingerprint density at radius 2 is 1.89 bits per heavy atom. The molecule has 4 rings (SSSR count). The van der Waals surface area contributed by atoms with E-state index >= 15 is 0 Å². The van der Waals surface area contributed by atoms with E-state index < -0.39 is 0 Å². The Morgan fingerprint density at radius 3 is 2.63 bits per heavy atom. The number of aliphatic imine (C=N–C) groups is 2. The van der Waals surface area contributed by atoms with Gasteiger partial charge in [0.1, 0.15) is 12.2 Å².